The van der Waals surface area contributed by atoms with Crippen LogP contribution in [0.2, 0.25) is 0 Å². The molecule has 0 bridgehead atoms. The summed E-state index contributed by atoms with van der Waals surface area (Å²) < 4.78 is 0. The Morgan fingerprint density at radius 2 is 1.76 bits per heavy atom. The van der Waals surface area contributed by atoms with E-state index in [1.807, 2.05) is 30.7 Å². The monoisotopic (exact) mass is 298 g/mol. The van der Waals surface area contributed by atoms with Crippen molar-refractivity contribution in [2.24, 2.45) is 5.92 Å². The van der Waals surface area contributed by atoms with Crippen molar-refractivity contribution in [1.82, 2.24) is 9.80 Å². The SMILES string of the molecule is CC1CCC(N(C)C(=O)CN(CCC(=O)O)C(C)C)CC1. The maximum Gasteiger partial charge on any atom is 0.304 e. The summed E-state index contributed by atoms with van der Waals surface area (Å²) in [6.45, 7) is 7.00. The zero-order valence-corrected chi connectivity index (χ0v) is 13.8. The smallest absolute Gasteiger partial charge is 0.304 e. The van der Waals surface area contributed by atoms with Crippen molar-refractivity contribution in [2.75, 3.05) is 20.1 Å². The molecule has 1 N–H and O–H groups in total. The summed E-state index contributed by atoms with van der Waals surface area (Å²) in [5, 5.41) is 8.79. The molecule has 0 aliphatic heterocycles. The molecule has 0 radical (unpaired) electrons. The normalized spacial score (nSPS) is 22.6. The van der Waals surface area contributed by atoms with Gasteiger partial charge in [-0.3, -0.25) is 14.5 Å². The van der Waals surface area contributed by atoms with Crippen LogP contribution in [0.15, 0.2) is 0 Å². The minimum atomic E-state index is -0.817. The third-order valence-electron chi connectivity index (χ3n) is 4.61. The van der Waals surface area contributed by atoms with Crippen molar-refractivity contribution in [3.8, 4) is 0 Å². The van der Waals surface area contributed by atoms with Crippen molar-refractivity contribution in [3.63, 3.8) is 0 Å². The standard InChI is InChI=1S/C16H30N2O3/c1-12(2)18(10-9-16(20)21)11-15(19)17(4)14-7-5-13(3)6-8-14/h12-14H,5-11H2,1-4H3,(H,20,21). The van der Waals surface area contributed by atoms with Crippen LogP contribution in [0.3, 0.4) is 0 Å². The summed E-state index contributed by atoms with van der Waals surface area (Å²) in [4.78, 5) is 26.9. The van der Waals surface area contributed by atoms with Gasteiger partial charge in [0.15, 0.2) is 0 Å². The summed E-state index contributed by atoms with van der Waals surface area (Å²) in [6.07, 6.45) is 4.63. The van der Waals surface area contributed by atoms with Crippen molar-refractivity contribution in [3.05, 3.63) is 0 Å². The zero-order valence-electron chi connectivity index (χ0n) is 13.8. The van der Waals surface area contributed by atoms with Gasteiger partial charge in [-0.1, -0.05) is 6.92 Å². The fraction of sp³-hybridized carbons (Fsp3) is 0.875. The highest BCUT2D eigenvalue weighted by Crippen LogP contribution is 2.26. The number of hydrogen-bond donors (Lipinski definition) is 1. The van der Waals surface area contributed by atoms with Gasteiger partial charge in [-0.15, -0.1) is 0 Å². The molecule has 0 unspecified atom stereocenters. The van der Waals surface area contributed by atoms with Crippen LogP contribution in [-0.4, -0.2) is 59.0 Å². The van der Waals surface area contributed by atoms with E-state index in [0.29, 0.717) is 19.1 Å². The third-order valence-corrected chi connectivity index (χ3v) is 4.61. The maximum atomic E-state index is 12.4. The van der Waals surface area contributed by atoms with Crippen LogP contribution < -0.4 is 0 Å². The summed E-state index contributed by atoms with van der Waals surface area (Å²) >= 11 is 0. The van der Waals surface area contributed by atoms with Crippen LogP contribution in [0.1, 0.15) is 52.9 Å². The molecule has 0 aromatic carbocycles. The van der Waals surface area contributed by atoms with Crippen LogP contribution >= 0.6 is 0 Å². The number of rotatable bonds is 7. The Bertz CT molecular complexity index is 349. The minimum absolute atomic E-state index is 0.0795. The molecule has 1 saturated carbocycles. The van der Waals surface area contributed by atoms with E-state index in [9.17, 15) is 9.59 Å². The first-order chi connectivity index (χ1) is 9.81. The molecule has 0 aromatic rings. The van der Waals surface area contributed by atoms with Gasteiger partial charge in [-0.2, -0.15) is 0 Å². The lowest BCUT2D eigenvalue weighted by atomic mass is 9.87. The molecule has 5 nitrogen and oxygen atoms in total. The summed E-state index contributed by atoms with van der Waals surface area (Å²) in [5.74, 6) is 0.0591. The van der Waals surface area contributed by atoms with E-state index in [4.69, 9.17) is 5.11 Å². The number of amides is 1. The molecular weight excluding hydrogens is 268 g/mol. The van der Waals surface area contributed by atoms with Gasteiger partial charge >= 0.3 is 5.97 Å². The second kappa shape index (κ2) is 8.37. The van der Waals surface area contributed by atoms with Gasteiger partial charge in [0.25, 0.3) is 0 Å². The van der Waals surface area contributed by atoms with Gasteiger partial charge in [-0.25, -0.2) is 0 Å². The number of likely N-dealkylation sites (N-methyl/N-ethyl adjacent to an activating group) is 1. The van der Waals surface area contributed by atoms with Gasteiger partial charge in [0.2, 0.25) is 5.91 Å². The van der Waals surface area contributed by atoms with Crippen LogP contribution in [0.4, 0.5) is 0 Å². The van der Waals surface area contributed by atoms with Gasteiger partial charge in [-0.05, 0) is 45.4 Å². The van der Waals surface area contributed by atoms with E-state index in [0.717, 1.165) is 18.8 Å². The lowest BCUT2D eigenvalue weighted by molar-refractivity contribution is -0.139. The van der Waals surface area contributed by atoms with Gasteiger partial charge in [0.05, 0.1) is 13.0 Å². The number of hydrogen-bond acceptors (Lipinski definition) is 3. The summed E-state index contributed by atoms with van der Waals surface area (Å²) in [7, 11) is 1.89. The Morgan fingerprint density at radius 3 is 2.24 bits per heavy atom. The van der Waals surface area contributed by atoms with Gasteiger partial charge in [0.1, 0.15) is 0 Å². The number of aliphatic carboxylic acids is 1. The lowest BCUT2D eigenvalue weighted by Gasteiger charge is -2.35. The fourth-order valence-electron chi connectivity index (χ4n) is 2.88. The highest BCUT2D eigenvalue weighted by atomic mass is 16.4. The third kappa shape index (κ3) is 6.04. The first-order valence-electron chi connectivity index (χ1n) is 8.02. The summed E-state index contributed by atoms with van der Waals surface area (Å²) in [6, 6.07) is 0.523. The van der Waals surface area contributed by atoms with Gasteiger partial charge in [0, 0.05) is 25.7 Å². The Hall–Kier alpha value is -1.10. The van der Waals surface area contributed by atoms with Crippen LogP contribution in [0.5, 0.6) is 0 Å². The average Bonchev–Trinajstić information content (AvgIpc) is 2.42. The van der Waals surface area contributed by atoms with Gasteiger partial charge < -0.3 is 10.0 Å². The number of nitrogens with zero attached hydrogens (tertiary/aromatic N) is 2. The zero-order chi connectivity index (χ0) is 16.0. The highest BCUT2D eigenvalue weighted by molar-refractivity contribution is 5.78. The molecular formula is C16H30N2O3. The molecule has 5 heteroatoms. The molecule has 1 aliphatic rings. The Balaban J connectivity index is 2.49. The first-order valence-corrected chi connectivity index (χ1v) is 8.02. The Labute approximate surface area is 128 Å². The predicted octanol–water partition coefficient (Wildman–Crippen LogP) is 2.21. The van der Waals surface area contributed by atoms with E-state index in [1.165, 1.54) is 12.8 Å². The van der Waals surface area contributed by atoms with Crippen molar-refractivity contribution in [1.29, 1.82) is 0 Å². The minimum Gasteiger partial charge on any atom is -0.481 e. The van der Waals surface area contributed by atoms with Crippen LogP contribution in [0.25, 0.3) is 0 Å². The number of carboxylic acids is 1. The van der Waals surface area contributed by atoms with E-state index in [2.05, 4.69) is 6.92 Å². The molecule has 0 aromatic heterocycles. The van der Waals surface area contributed by atoms with Crippen LogP contribution in [0, 0.1) is 5.92 Å². The molecule has 1 aliphatic carbocycles. The van der Waals surface area contributed by atoms with Crippen molar-refractivity contribution < 1.29 is 14.7 Å². The molecule has 0 saturated heterocycles. The Kier molecular flexibility index (Phi) is 7.15. The second-order valence-corrected chi connectivity index (χ2v) is 6.63. The van der Waals surface area contributed by atoms with E-state index in [-0.39, 0.29) is 18.4 Å². The van der Waals surface area contributed by atoms with Crippen LogP contribution in [-0.2, 0) is 9.59 Å². The molecule has 1 fully saturated rings. The highest BCUT2D eigenvalue weighted by Gasteiger charge is 2.26. The number of carbonyl (C=O) groups is 2. The van der Waals surface area contributed by atoms with Crippen molar-refractivity contribution >= 4 is 11.9 Å². The fourth-order valence-corrected chi connectivity index (χ4v) is 2.88. The molecule has 0 heterocycles. The summed E-state index contributed by atoms with van der Waals surface area (Å²) in [5.41, 5.74) is 0. The maximum absolute atomic E-state index is 12.4. The molecule has 1 amide bonds. The molecule has 122 valence electrons. The lowest BCUT2D eigenvalue weighted by Crippen LogP contribution is -2.46. The molecule has 21 heavy (non-hydrogen) atoms. The number of carbonyl (C=O) groups excluding carboxylic acids is 1. The second-order valence-electron chi connectivity index (χ2n) is 6.63. The topological polar surface area (TPSA) is 60.9 Å². The van der Waals surface area contributed by atoms with E-state index in [1.54, 1.807) is 0 Å². The average molecular weight is 298 g/mol. The predicted molar refractivity (Wildman–Crippen MR) is 83.2 cm³/mol. The van der Waals surface area contributed by atoms with Crippen molar-refractivity contribution in [2.45, 2.75) is 65.0 Å². The molecule has 1 rings (SSSR count). The number of carboxylic acid groups (broad SMARTS) is 1. The molecule has 0 spiro atoms. The van der Waals surface area contributed by atoms with E-state index < -0.39 is 5.97 Å². The quantitative estimate of drug-likeness (QED) is 0.783. The Morgan fingerprint density at radius 1 is 1.19 bits per heavy atom. The molecule has 0 atom stereocenters. The first kappa shape index (κ1) is 18.0. The van der Waals surface area contributed by atoms with E-state index >= 15 is 0 Å². The largest absolute Gasteiger partial charge is 0.481 e.